The molecular formula is C11H12ClNO6. The molecule has 1 aromatic rings. The van der Waals surface area contributed by atoms with Crippen LogP contribution in [0.25, 0.3) is 0 Å². The van der Waals surface area contributed by atoms with E-state index < -0.39 is 16.6 Å². The molecule has 0 aliphatic carbocycles. The van der Waals surface area contributed by atoms with E-state index in [-0.39, 0.29) is 22.9 Å². The van der Waals surface area contributed by atoms with Crippen molar-refractivity contribution in [2.24, 2.45) is 0 Å². The molecule has 0 unspecified atom stereocenters. The number of hydrogen-bond acceptors (Lipinski definition) is 5. The average molecular weight is 290 g/mol. The van der Waals surface area contributed by atoms with Gasteiger partial charge in [-0.05, 0) is 0 Å². The van der Waals surface area contributed by atoms with Gasteiger partial charge >= 0.3 is 5.97 Å². The largest absolute Gasteiger partial charge is 0.491 e. The van der Waals surface area contributed by atoms with Crippen LogP contribution in [0.4, 0.5) is 5.69 Å². The highest BCUT2D eigenvalue weighted by Gasteiger charge is 2.21. The van der Waals surface area contributed by atoms with E-state index in [1.165, 1.54) is 7.11 Å². The molecule has 0 fully saturated rings. The molecular weight excluding hydrogens is 278 g/mol. The zero-order valence-electron chi connectivity index (χ0n) is 10.1. The lowest BCUT2D eigenvalue weighted by Gasteiger charge is -2.10. The molecule has 1 N–H and O–H groups in total. The van der Waals surface area contributed by atoms with Crippen molar-refractivity contribution in [1.82, 2.24) is 0 Å². The molecule has 7 nitrogen and oxygen atoms in total. The Hall–Kier alpha value is -1.86. The Kier molecular flexibility index (Phi) is 5.53. The lowest BCUT2D eigenvalue weighted by molar-refractivity contribution is -0.384. The van der Waals surface area contributed by atoms with Crippen LogP contribution in [-0.2, 0) is 4.74 Å². The molecule has 0 spiro atoms. The van der Waals surface area contributed by atoms with Crippen molar-refractivity contribution in [2.45, 2.75) is 6.42 Å². The van der Waals surface area contributed by atoms with Crippen LogP contribution < -0.4 is 4.74 Å². The summed E-state index contributed by atoms with van der Waals surface area (Å²) < 4.78 is 10.1. The lowest BCUT2D eigenvalue weighted by Crippen LogP contribution is -2.07. The molecule has 0 atom stereocenters. The van der Waals surface area contributed by atoms with Crippen molar-refractivity contribution < 1.29 is 24.3 Å². The van der Waals surface area contributed by atoms with E-state index in [0.717, 1.165) is 12.1 Å². The van der Waals surface area contributed by atoms with Gasteiger partial charge in [-0.15, -0.1) is 0 Å². The Bertz CT molecular complexity index is 490. The number of methoxy groups -OCH3 is 1. The van der Waals surface area contributed by atoms with Crippen LogP contribution in [0.2, 0.25) is 5.02 Å². The standard InChI is InChI=1S/C11H12ClNO6/c1-18-3-2-4-19-10-8(11(14)15)5-7(13(16)17)6-9(10)12/h5-6H,2-4H2,1H3,(H,14,15). The first-order valence-electron chi connectivity index (χ1n) is 5.30. The minimum atomic E-state index is -1.34. The molecule has 8 heteroatoms. The Morgan fingerprint density at radius 3 is 2.68 bits per heavy atom. The number of ether oxygens (including phenoxy) is 2. The fourth-order valence-electron chi connectivity index (χ4n) is 1.37. The molecule has 19 heavy (non-hydrogen) atoms. The minimum absolute atomic E-state index is 0.0733. The monoisotopic (exact) mass is 289 g/mol. The van der Waals surface area contributed by atoms with E-state index in [4.69, 9.17) is 26.2 Å². The number of hydrogen-bond donors (Lipinski definition) is 1. The molecule has 0 bridgehead atoms. The van der Waals surface area contributed by atoms with Gasteiger partial charge in [-0.3, -0.25) is 10.1 Å². The van der Waals surface area contributed by atoms with Gasteiger partial charge in [-0.1, -0.05) is 11.6 Å². The van der Waals surface area contributed by atoms with Crippen molar-refractivity contribution in [3.8, 4) is 5.75 Å². The first kappa shape index (κ1) is 15.2. The summed E-state index contributed by atoms with van der Waals surface area (Å²) in [6.07, 6.45) is 0.545. The number of halogens is 1. The summed E-state index contributed by atoms with van der Waals surface area (Å²) in [7, 11) is 1.53. The van der Waals surface area contributed by atoms with Gasteiger partial charge in [0.05, 0.1) is 16.6 Å². The quantitative estimate of drug-likeness (QED) is 0.470. The van der Waals surface area contributed by atoms with Gasteiger partial charge in [-0.25, -0.2) is 4.79 Å². The van der Waals surface area contributed by atoms with Crippen LogP contribution in [0.1, 0.15) is 16.8 Å². The average Bonchev–Trinajstić information content (AvgIpc) is 2.35. The fourth-order valence-corrected chi connectivity index (χ4v) is 1.64. The van der Waals surface area contributed by atoms with E-state index in [2.05, 4.69) is 0 Å². The third kappa shape index (κ3) is 4.08. The van der Waals surface area contributed by atoms with Crippen LogP contribution in [0.15, 0.2) is 12.1 Å². The fraction of sp³-hybridized carbons (Fsp3) is 0.364. The van der Waals surface area contributed by atoms with Gasteiger partial charge < -0.3 is 14.6 Å². The molecule has 0 saturated carbocycles. The zero-order chi connectivity index (χ0) is 14.4. The van der Waals surface area contributed by atoms with Gasteiger partial charge in [-0.2, -0.15) is 0 Å². The summed E-state index contributed by atoms with van der Waals surface area (Å²) in [5, 5.41) is 19.5. The van der Waals surface area contributed by atoms with Crippen LogP contribution in [0, 0.1) is 10.1 Å². The number of nitro benzene ring substituents is 1. The summed E-state index contributed by atoms with van der Waals surface area (Å²) >= 11 is 5.81. The van der Waals surface area contributed by atoms with E-state index in [1.807, 2.05) is 0 Å². The maximum Gasteiger partial charge on any atom is 0.339 e. The molecule has 0 aromatic heterocycles. The predicted octanol–water partition coefficient (Wildman–Crippen LogP) is 2.36. The van der Waals surface area contributed by atoms with Crippen molar-refractivity contribution >= 4 is 23.3 Å². The third-order valence-electron chi connectivity index (χ3n) is 2.21. The van der Waals surface area contributed by atoms with Crippen molar-refractivity contribution in [1.29, 1.82) is 0 Å². The normalized spacial score (nSPS) is 10.2. The van der Waals surface area contributed by atoms with Crippen molar-refractivity contribution in [2.75, 3.05) is 20.3 Å². The second-order valence-corrected chi connectivity index (χ2v) is 3.97. The lowest BCUT2D eigenvalue weighted by atomic mass is 10.2. The smallest absolute Gasteiger partial charge is 0.339 e. The predicted molar refractivity (Wildman–Crippen MR) is 67.1 cm³/mol. The molecule has 0 radical (unpaired) electrons. The number of carboxylic acid groups (broad SMARTS) is 1. The van der Waals surface area contributed by atoms with Crippen LogP contribution in [0.5, 0.6) is 5.75 Å². The molecule has 0 heterocycles. The number of non-ortho nitro benzene ring substituents is 1. The van der Waals surface area contributed by atoms with Crippen LogP contribution >= 0.6 is 11.6 Å². The van der Waals surface area contributed by atoms with Gasteiger partial charge in [0.1, 0.15) is 5.56 Å². The highest BCUT2D eigenvalue weighted by Crippen LogP contribution is 2.33. The maximum absolute atomic E-state index is 11.1. The number of nitrogens with zero attached hydrogens (tertiary/aromatic N) is 1. The number of nitro groups is 1. The minimum Gasteiger partial charge on any atom is -0.491 e. The molecule has 1 aromatic carbocycles. The summed E-state index contributed by atoms with van der Waals surface area (Å²) in [5.74, 6) is -1.41. The Morgan fingerprint density at radius 2 is 2.16 bits per heavy atom. The number of benzene rings is 1. The number of aromatic carboxylic acids is 1. The second-order valence-electron chi connectivity index (χ2n) is 3.56. The van der Waals surface area contributed by atoms with Gasteiger partial charge in [0.25, 0.3) is 5.69 Å². The van der Waals surface area contributed by atoms with E-state index in [9.17, 15) is 14.9 Å². The Balaban J connectivity index is 3.01. The molecule has 0 aliphatic rings. The highest BCUT2D eigenvalue weighted by molar-refractivity contribution is 6.32. The highest BCUT2D eigenvalue weighted by atomic mass is 35.5. The topological polar surface area (TPSA) is 98.9 Å². The first-order chi connectivity index (χ1) is 8.97. The summed E-state index contributed by atoms with van der Waals surface area (Å²) in [6.45, 7) is 0.651. The Labute approximate surface area is 113 Å². The zero-order valence-corrected chi connectivity index (χ0v) is 10.8. The van der Waals surface area contributed by atoms with Gasteiger partial charge in [0, 0.05) is 32.3 Å². The van der Waals surface area contributed by atoms with Crippen LogP contribution in [0.3, 0.4) is 0 Å². The summed E-state index contributed by atoms with van der Waals surface area (Å²) in [5.41, 5.74) is -0.733. The molecule has 104 valence electrons. The van der Waals surface area contributed by atoms with Crippen LogP contribution in [-0.4, -0.2) is 36.3 Å². The van der Waals surface area contributed by atoms with Crippen molar-refractivity contribution in [3.05, 3.63) is 32.8 Å². The van der Waals surface area contributed by atoms with Crippen molar-refractivity contribution in [3.63, 3.8) is 0 Å². The number of carboxylic acids is 1. The second kappa shape index (κ2) is 6.91. The van der Waals surface area contributed by atoms with Gasteiger partial charge in [0.2, 0.25) is 0 Å². The maximum atomic E-state index is 11.1. The molecule has 1 rings (SSSR count). The third-order valence-corrected chi connectivity index (χ3v) is 2.49. The summed E-state index contributed by atoms with van der Waals surface area (Å²) in [6, 6.07) is 1.97. The molecule has 0 saturated heterocycles. The van der Waals surface area contributed by atoms with E-state index in [0.29, 0.717) is 13.0 Å². The first-order valence-corrected chi connectivity index (χ1v) is 5.68. The SMILES string of the molecule is COCCCOc1c(Cl)cc([N+](=O)[O-])cc1C(=O)O. The van der Waals surface area contributed by atoms with E-state index in [1.54, 1.807) is 0 Å². The number of rotatable bonds is 7. The molecule has 0 amide bonds. The van der Waals surface area contributed by atoms with E-state index >= 15 is 0 Å². The summed E-state index contributed by atoms with van der Waals surface area (Å²) in [4.78, 5) is 21.0. The number of carbonyl (C=O) groups is 1. The van der Waals surface area contributed by atoms with Gasteiger partial charge in [0.15, 0.2) is 5.75 Å². The molecule has 0 aliphatic heterocycles. The Morgan fingerprint density at radius 1 is 1.47 bits per heavy atom.